The molecule has 0 aliphatic carbocycles. The van der Waals surface area contributed by atoms with Gasteiger partial charge in [0.25, 0.3) is 11.5 Å². The molecule has 3 aromatic rings. The number of benzene rings is 2. The van der Waals surface area contributed by atoms with E-state index in [0.29, 0.717) is 23.0 Å². The summed E-state index contributed by atoms with van der Waals surface area (Å²) < 4.78 is 14.6. The Kier molecular flexibility index (Phi) is 5.07. The number of carbonyl (C=O) groups is 1. The Morgan fingerprint density at radius 1 is 1.23 bits per heavy atom. The molecule has 2 aromatic carbocycles. The molecule has 0 bridgehead atoms. The van der Waals surface area contributed by atoms with E-state index in [1.54, 1.807) is 36.4 Å². The van der Waals surface area contributed by atoms with Gasteiger partial charge in [0, 0.05) is 12.6 Å². The van der Waals surface area contributed by atoms with E-state index in [2.05, 4.69) is 15.8 Å². The Morgan fingerprint density at radius 3 is 2.81 bits per heavy atom. The molecule has 0 radical (unpaired) electrons. The van der Waals surface area contributed by atoms with Crippen LogP contribution in [-0.4, -0.2) is 15.5 Å². The Bertz CT molecular complexity index is 1040. The fourth-order valence-corrected chi connectivity index (χ4v) is 2.50. The summed E-state index contributed by atoms with van der Waals surface area (Å²) in [6.45, 7) is 2.21. The predicted octanol–water partition coefficient (Wildman–Crippen LogP) is 2.71. The number of hydrogen-bond acceptors (Lipinski definition) is 4. The van der Waals surface area contributed by atoms with Gasteiger partial charge in [0.1, 0.15) is 5.82 Å². The number of fused-ring (bicyclic) bond motifs is 1. The molecule has 26 heavy (non-hydrogen) atoms. The van der Waals surface area contributed by atoms with Crippen molar-refractivity contribution in [3.8, 4) is 0 Å². The first-order valence-corrected chi connectivity index (χ1v) is 8.07. The third-order valence-electron chi connectivity index (χ3n) is 3.75. The quantitative estimate of drug-likeness (QED) is 0.547. The van der Waals surface area contributed by atoms with Crippen LogP contribution in [0.2, 0.25) is 0 Å². The molecule has 6 nitrogen and oxygen atoms in total. The molecule has 1 heterocycles. The number of nitrogens with zero attached hydrogens (tertiary/aromatic N) is 2. The lowest BCUT2D eigenvalue weighted by molar-refractivity contribution is -0.116. The van der Waals surface area contributed by atoms with Crippen molar-refractivity contribution in [1.29, 1.82) is 0 Å². The highest BCUT2D eigenvalue weighted by molar-refractivity contribution is 5.92. The second-order valence-corrected chi connectivity index (χ2v) is 5.50. The van der Waals surface area contributed by atoms with Crippen molar-refractivity contribution in [1.82, 2.24) is 15.0 Å². The van der Waals surface area contributed by atoms with Gasteiger partial charge in [-0.25, -0.2) is 9.37 Å². The molecule has 0 aliphatic rings. The summed E-state index contributed by atoms with van der Waals surface area (Å²) in [5, 5.41) is 0.511. The lowest BCUT2D eigenvalue weighted by Crippen LogP contribution is -2.33. The standard InChI is InChI=1S/C19H17FN4O2/c1-2-24-18(26)15-8-3-4-9-16(15)21-19(24)23-22-17(25)11-10-13-6-5-7-14(20)12-13/h3-12H,2H2,1H3,(H,21,23)(H,22,25)/b11-10+. The van der Waals surface area contributed by atoms with E-state index in [0.717, 1.165) is 0 Å². The maximum absolute atomic E-state index is 13.1. The van der Waals surface area contributed by atoms with Gasteiger partial charge in [-0.05, 0) is 42.8 Å². The molecule has 0 spiro atoms. The van der Waals surface area contributed by atoms with Gasteiger partial charge in [0.05, 0.1) is 10.9 Å². The molecule has 1 amide bonds. The topological polar surface area (TPSA) is 76.0 Å². The number of para-hydroxylation sites is 1. The number of aromatic nitrogens is 2. The normalized spacial score (nSPS) is 11.0. The summed E-state index contributed by atoms with van der Waals surface area (Å²) in [4.78, 5) is 28.8. The zero-order valence-corrected chi connectivity index (χ0v) is 14.1. The van der Waals surface area contributed by atoms with Crippen molar-refractivity contribution in [2.45, 2.75) is 13.5 Å². The Hall–Kier alpha value is -3.48. The highest BCUT2D eigenvalue weighted by Crippen LogP contribution is 2.10. The van der Waals surface area contributed by atoms with Crippen LogP contribution in [0.3, 0.4) is 0 Å². The van der Waals surface area contributed by atoms with E-state index in [9.17, 15) is 14.0 Å². The molecule has 0 aliphatic heterocycles. The van der Waals surface area contributed by atoms with Crippen molar-refractivity contribution in [2.75, 3.05) is 5.43 Å². The number of halogens is 1. The van der Waals surface area contributed by atoms with Crippen LogP contribution in [0.5, 0.6) is 0 Å². The Morgan fingerprint density at radius 2 is 2.04 bits per heavy atom. The first-order chi connectivity index (χ1) is 12.6. The van der Waals surface area contributed by atoms with Crippen LogP contribution >= 0.6 is 0 Å². The zero-order valence-electron chi connectivity index (χ0n) is 14.1. The SMILES string of the molecule is CCn1c(NNC(=O)/C=C/c2cccc(F)c2)nc2ccccc2c1=O. The lowest BCUT2D eigenvalue weighted by atomic mass is 10.2. The maximum Gasteiger partial charge on any atom is 0.262 e. The van der Waals surface area contributed by atoms with Crippen molar-refractivity contribution in [3.63, 3.8) is 0 Å². The number of amides is 1. The molecule has 1 aromatic heterocycles. The molecule has 0 unspecified atom stereocenters. The average Bonchev–Trinajstić information content (AvgIpc) is 2.65. The summed E-state index contributed by atoms with van der Waals surface area (Å²) in [5.41, 5.74) is 6.04. The minimum atomic E-state index is -0.459. The summed E-state index contributed by atoms with van der Waals surface area (Å²) in [7, 11) is 0. The van der Waals surface area contributed by atoms with Crippen molar-refractivity contribution >= 4 is 28.8 Å². The molecule has 2 N–H and O–H groups in total. The molecular weight excluding hydrogens is 335 g/mol. The zero-order chi connectivity index (χ0) is 18.5. The second kappa shape index (κ2) is 7.60. The minimum absolute atomic E-state index is 0.190. The summed E-state index contributed by atoms with van der Waals surface area (Å²) in [6.07, 6.45) is 2.75. The summed E-state index contributed by atoms with van der Waals surface area (Å²) in [6, 6.07) is 12.9. The molecular formula is C19H17FN4O2. The molecule has 0 saturated carbocycles. The average molecular weight is 352 g/mol. The Balaban J connectivity index is 1.77. The predicted molar refractivity (Wildman–Crippen MR) is 98.9 cm³/mol. The third kappa shape index (κ3) is 3.77. The Labute approximate surface area is 149 Å². The molecule has 132 valence electrons. The number of carbonyl (C=O) groups excluding carboxylic acids is 1. The molecule has 0 fully saturated rings. The minimum Gasteiger partial charge on any atom is -0.277 e. The first kappa shape index (κ1) is 17.3. The van der Waals surface area contributed by atoms with E-state index in [-0.39, 0.29) is 17.3 Å². The fraction of sp³-hybridized carbons (Fsp3) is 0.105. The van der Waals surface area contributed by atoms with Crippen molar-refractivity contribution in [3.05, 3.63) is 76.3 Å². The van der Waals surface area contributed by atoms with E-state index >= 15 is 0 Å². The van der Waals surface area contributed by atoms with Crippen LogP contribution in [0.25, 0.3) is 17.0 Å². The van der Waals surface area contributed by atoms with E-state index in [1.165, 1.54) is 28.9 Å². The van der Waals surface area contributed by atoms with Crippen LogP contribution in [0.1, 0.15) is 12.5 Å². The summed E-state index contributed by atoms with van der Waals surface area (Å²) in [5.74, 6) is -0.596. The van der Waals surface area contributed by atoms with Gasteiger partial charge in [-0.2, -0.15) is 0 Å². The molecule has 0 atom stereocenters. The van der Waals surface area contributed by atoms with E-state index in [1.807, 2.05) is 6.92 Å². The lowest BCUT2D eigenvalue weighted by Gasteiger charge is -2.13. The van der Waals surface area contributed by atoms with Gasteiger partial charge < -0.3 is 0 Å². The van der Waals surface area contributed by atoms with Gasteiger partial charge in [-0.3, -0.25) is 25.0 Å². The van der Waals surface area contributed by atoms with Crippen LogP contribution < -0.4 is 16.4 Å². The number of anilines is 1. The monoisotopic (exact) mass is 352 g/mol. The van der Waals surface area contributed by atoms with Gasteiger partial charge in [0.15, 0.2) is 0 Å². The van der Waals surface area contributed by atoms with E-state index < -0.39 is 5.91 Å². The van der Waals surface area contributed by atoms with Gasteiger partial charge in [0.2, 0.25) is 5.95 Å². The highest BCUT2D eigenvalue weighted by atomic mass is 19.1. The second-order valence-electron chi connectivity index (χ2n) is 5.50. The third-order valence-corrected chi connectivity index (χ3v) is 3.75. The molecule has 3 rings (SSSR count). The van der Waals surface area contributed by atoms with Crippen molar-refractivity contribution in [2.24, 2.45) is 0 Å². The van der Waals surface area contributed by atoms with Gasteiger partial charge >= 0.3 is 0 Å². The number of nitrogens with one attached hydrogen (secondary N) is 2. The maximum atomic E-state index is 13.1. The first-order valence-electron chi connectivity index (χ1n) is 8.07. The van der Waals surface area contributed by atoms with Gasteiger partial charge in [-0.1, -0.05) is 24.3 Å². The highest BCUT2D eigenvalue weighted by Gasteiger charge is 2.09. The number of hydrogen-bond donors (Lipinski definition) is 2. The number of rotatable bonds is 5. The van der Waals surface area contributed by atoms with Crippen molar-refractivity contribution < 1.29 is 9.18 Å². The van der Waals surface area contributed by atoms with Crippen LogP contribution in [0.15, 0.2) is 59.4 Å². The van der Waals surface area contributed by atoms with E-state index in [4.69, 9.17) is 0 Å². The van der Waals surface area contributed by atoms with Crippen LogP contribution in [-0.2, 0) is 11.3 Å². The number of hydrazine groups is 1. The van der Waals surface area contributed by atoms with Crippen LogP contribution in [0, 0.1) is 5.82 Å². The largest absolute Gasteiger partial charge is 0.277 e. The summed E-state index contributed by atoms with van der Waals surface area (Å²) >= 11 is 0. The fourth-order valence-electron chi connectivity index (χ4n) is 2.50. The van der Waals surface area contributed by atoms with Gasteiger partial charge in [-0.15, -0.1) is 0 Å². The smallest absolute Gasteiger partial charge is 0.262 e. The molecule has 0 saturated heterocycles. The molecule has 7 heteroatoms. The van der Waals surface area contributed by atoms with Crippen LogP contribution in [0.4, 0.5) is 10.3 Å².